The molecule has 3 N–H and O–H groups in total. The van der Waals surface area contributed by atoms with Gasteiger partial charge in [-0.3, -0.25) is 14.4 Å². The van der Waals surface area contributed by atoms with Crippen molar-refractivity contribution in [2.45, 2.75) is 90.8 Å². The number of hydrogen-bond acceptors (Lipinski definition) is 5. The van der Waals surface area contributed by atoms with Crippen LogP contribution in [0.5, 0.6) is 0 Å². The monoisotopic (exact) mass is 461 g/mol. The number of ether oxygens (including phenoxy) is 1. The van der Waals surface area contributed by atoms with Crippen LogP contribution in [-0.2, 0) is 25.5 Å². The molecule has 33 heavy (non-hydrogen) atoms. The molecule has 8 nitrogen and oxygen atoms in total. The summed E-state index contributed by atoms with van der Waals surface area (Å²) in [6.45, 7) is 11.1. The zero-order chi connectivity index (χ0) is 25.1. The van der Waals surface area contributed by atoms with Crippen molar-refractivity contribution in [3.63, 3.8) is 0 Å². The van der Waals surface area contributed by atoms with Crippen LogP contribution in [0.15, 0.2) is 30.3 Å². The Bertz CT molecular complexity index is 795. The lowest BCUT2D eigenvalue weighted by Gasteiger charge is -2.23. The fourth-order valence-electron chi connectivity index (χ4n) is 3.01. The van der Waals surface area contributed by atoms with E-state index in [1.165, 1.54) is 0 Å². The normalized spacial score (nSPS) is 12.4. The Morgan fingerprint density at radius 2 is 1.55 bits per heavy atom. The molecule has 0 saturated carbocycles. The topological polar surface area (TPSA) is 114 Å². The molecule has 184 valence electrons. The molecule has 0 spiro atoms. The second-order valence-corrected chi connectivity index (χ2v) is 10.1. The van der Waals surface area contributed by atoms with Gasteiger partial charge in [0.25, 0.3) is 0 Å². The number of ketones is 1. The van der Waals surface area contributed by atoms with Gasteiger partial charge in [-0.25, -0.2) is 4.79 Å². The van der Waals surface area contributed by atoms with Gasteiger partial charge in [0.15, 0.2) is 5.78 Å². The molecule has 3 amide bonds. The number of Topliss-reactive ketones (excluding diaryl/α,β-unsaturated/α-hetero) is 1. The Kier molecular flexibility index (Phi) is 11.1. The smallest absolute Gasteiger partial charge is 0.407 e. The molecule has 0 fully saturated rings. The van der Waals surface area contributed by atoms with E-state index < -0.39 is 23.3 Å². The minimum Gasteiger partial charge on any atom is -0.444 e. The summed E-state index contributed by atoms with van der Waals surface area (Å²) < 4.78 is 5.16. The van der Waals surface area contributed by atoms with Crippen LogP contribution in [0.4, 0.5) is 4.79 Å². The van der Waals surface area contributed by atoms with E-state index in [2.05, 4.69) is 16.0 Å². The number of alkyl carbamates (subject to hydrolysis) is 1. The van der Waals surface area contributed by atoms with Gasteiger partial charge in [0.1, 0.15) is 5.60 Å². The molecule has 0 heterocycles. The SMILES string of the molecule is CC(C)(C)NC(=O)C[C@H](NC(=O)CCc1ccccc1)C(=O)CCCNC(=O)OC(C)(C)C. The van der Waals surface area contributed by atoms with Crippen molar-refractivity contribution in [1.82, 2.24) is 16.0 Å². The van der Waals surface area contributed by atoms with E-state index in [1.54, 1.807) is 20.8 Å². The van der Waals surface area contributed by atoms with Gasteiger partial charge in [0.2, 0.25) is 11.8 Å². The van der Waals surface area contributed by atoms with E-state index in [-0.39, 0.29) is 43.4 Å². The molecule has 0 radical (unpaired) electrons. The highest BCUT2D eigenvalue weighted by molar-refractivity contribution is 5.93. The second kappa shape index (κ2) is 13.0. The number of carbonyl (C=O) groups is 4. The Labute approximate surface area is 197 Å². The minimum absolute atomic E-state index is 0.113. The third-order valence-corrected chi connectivity index (χ3v) is 4.38. The van der Waals surface area contributed by atoms with Crippen LogP contribution in [0.25, 0.3) is 0 Å². The highest BCUT2D eigenvalue weighted by Gasteiger charge is 2.25. The van der Waals surface area contributed by atoms with Gasteiger partial charge in [-0.1, -0.05) is 30.3 Å². The first-order chi connectivity index (χ1) is 15.2. The van der Waals surface area contributed by atoms with E-state index in [0.29, 0.717) is 12.8 Å². The van der Waals surface area contributed by atoms with Gasteiger partial charge in [0.05, 0.1) is 12.5 Å². The van der Waals surface area contributed by atoms with Crippen LogP contribution < -0.4 is 16.0 Å². The summed E-state index contributed by atoms with van der Waals surface area (Å²) in [5.41, 5.74) is -0.0244. The first kappa shape index (κ1) is 28.1. The van der Waals surface area contributed by atoms with Crippen molar-refractivity contribution in [1.29, 1.82) is 0 Å². The standard InChI is InChI=1S/C25H39N3O5/c1-24(2,3)28-22(31)17-19(27-21(30)15-14-18-11-8-7-9-12-18)20(29)13-10-16-26-23(32)33-25(4,5)6/h7-9,11-12,19H,10,13-17H2,1-6H3,(H,26,32)(H,27,30)(H,28,31)/t19-/m0/s1. The van der Waals surface area contributed by atoms with Crippen molar-refractivity contribution in [2.75, 3.05) is 6.54 Å². The second-order valence-electron chi connectivity index (χ2n) is 10.1. The summed E-state index contributed by atoms with van der Waals surface area (Å²) in [5, 5.41) is 8.15. The Morgan fingerprint density at radius 1 is 0.909 bits per heavy atom. The van der Waals surface area contributed by atoms with E-state index in [0.717, 1.165) is 5.56 Å². The number of benzene rings is 1. The van der Waals surface area contributed by atoms with Crippen LogP contribution >= 0.6 is 0 Å². The molecule has 0 saturated heterocycles. The lowest BCUT2D eigenvalue weighted by atomic mass is 10.0. The molecule has 1 atom stereocenters. The van der Waals surface area contributed by atoms with Gasteiger partial charge in [-0.05, 0) is 59.9 Å². The molecule has 0 aliphatic carbocycles. The first-order valence-electron chi connectivity index (χ1n) is 11.4. The van der Waals surface area contributed by atoms with Crippen molar-refractivity contribution in [3.8, 4) is 0 Å². The Morgan fingerprint density at radius 3 is 2.12 bits per heavy atom. The van der Waals surface area contributed by atoms with Gasteiger partial charge in [-0.15, -0.1) is 0 Å². The van der Waals surface area contributed by atoms with Crippen LogP contribution in [0, 0.1) is 0 Å². The highest BCUT2D eigenvalue weighted by Crippen LogP contribution is 2.08. The van der Waals surface area contributed by atoms with Gasteiger partial charge >= 0.3 is 6.09 Å². The lowest BCUT2D eigenvalue weighted by molar-refractivity contribution is -0.131. The largest absolute Gasteiger partial charge is 0.444 e. The molecule has 1 rings (SSSR count). The molecule has 0 aliphatic rings. The molecular weight excluding hydrogens is 422 g/mol. The van der Waals surface area contributed by atoms with Crippen LogP contribution in [0.1, 0.15) is 72.8 Å². The van der Waals surface area contributed by atoms with Crippen molar-refractivity contribution >= 4 is 23.7 Å². The van der Waals surface area contributed by atoms with Crippen LogP contribution in [0.3, 0.4) is 0 Å². The van der Waals surface area contributed by atoms with E-state index >= 15 is 0 Å². The number of hydrogen-bond donors (Lipinski definition) is 3. The molecule has 0 bridgehead atoms. The third kappa shape index (κ3) is 14.0. The Balaban J connectivity index is 2.62. The summed E-state index contributed by atoms with van der Waals surface area (Å²) in [4.78, 5) is 49.4. The fourth-order valence-corrected chi connectivity index (χ4v) is 3.01. The highest BCUT2D eigenvalue weighted by atomic mass is 16.6. The van der Waals surface area contributed by atoms with Crippen molar-refractivity contribution < 1.29 is 23.9 Å². The van der Waals surface area contributed by atoms with Crippen LogP contribution in [0.2, 0.25) is 0 Å². The van der Waals surface area contributed by atoms with E-state index in [4.69, 9.17) is 4.74 Å². The number of carbonyl (C=O) groups excluding carboxylic acids is 4. The van der Waals surface area contributed by atoms with Crippen molar-refractivity contribution in [3.05, 3.63) is 35.9 Å². The molecule has 1 aromatic carbocycles. The number of rotatable bonds is 11. The fraction of sp³-hybridized carbons (Fsp3) is 0.600. The summed E-state index contributed by atoms with van der Waals surface area (Å²) in [7, 11) is 0. The molecule has 0 aliphatic heterocycles. The number of amides is 3. The average Bonchev–Trinajstić information content (AvgIpc) is 2.67. The minimum atomic E-state index is -0.919. The van der Waals surface area contributed by atoms with Crippen LogP contribution in [-0.4, -0.2) is 47.4 Å². The van der Waals surface area contributed by atoms with E-state index in [9.17, 15) is 19.2 Å². The Hall–Kier alpha value is -2.90. The third-order valence-electron chi connectivity index (χ3n) is 4.38. The molecule has 0 aromatic heterocycles. The zero-order valence-electron chi connectivity index (χ0n) is 20.7. The quantitative estimate of drug-likeness (QED) is 0.438. The summed E-state index contributed by atoms with van der Waals surface area (Å²) in [6.07, 6.45) is 0.561. The molecule has 1 aromatic rings. The maximum absolute atomic E-state index is 12.8. The number of aryl methyl sites for hydroxylation is 1. The van der Waals surface area contributed by atoms with Gasteiger partial charge in [-0.2, -0.15) is 0 Å². The predicted molar refractivity (Wildman–Crippen MR) is 128 cm³/mol. The van der Waals surface area contributed by atoms with Gasteiger partial charge in [0, 0.05) is 24.9 Å². The van der Waals surface area contributed by atoms with Crippen molar-refractivity contribution in [2.24, 2.45) is 0 Å². The average molecular weight is 462 g/mol. The summed E-state index contributed by atoms with van der Waals surface area (Å²) >= 11 is 0. The lowest BCUT2D eigenvalue weighted by Crippen LogP contribution is -2.47. The summed E-state index contributed by atoms with van der Waals surface area (Å²) in [6, 6.07) is 8.67. The maximum Gasteiger partial charge on any atom is 0.407 e. The summed E-state index contributed by atoms with van der Waals surface area (Å²) in [5.74, 6) is -0.846. The zero-order valence-corrected chi connectivity index (χ0v) is 20.7. The van der Waals surface area contributed by atoms with Gasteiger partial charge < -0.3 is 20.7 Å². The molecule has 0 unspecified atom stereocenters. The maximum atomic E-state index is 12.8. The molecular formula is C25H39N3O5. The number of nitrogens with one attached hydrogen (secondary N) is 3. The van der Waals surface area contributed by atoms with E-state index in [1.807, 2.05) is 51.1 Å². The first-order valence-corrected chi connectivity index (χ1v) is 11.4. The predicted octanol–water partition coefficient (Wildman–Crippen LogP) is 3.28. The molecule has 8 heteroatoms.